The van der Waals surface area contributed by atoms with Crippen LogP contribution in [0.25, 0.3) is 0 Å². The van der Waals surface area contributed by atoms with E-state index in [1.807, 2.05) is 0 Å². The third-order valence-corrected chi connectivity index (χ3v) is 0.859. The highest BCUT2D eigenvalue weighted by Crippen LogP contribution is 1.78. The molecule has 0 aromatic rings. The van der Waals surface area contributed by atoms with E-state index in [1.165, 1.54) is 6.92 Å². The van der Waals surface area contributed by atoms with Crippen LogP contribution >= 0.6 is 0 Å². The van der Waals surface area contributed by atoms with Crippen molar-refractivity contribution in [3.05, 3.63) is 0 Å². The molecule has 0 aliphatic carbocycles. The lowest BCUT2D eigenvalue weighted by Crippen LogP contribution is -1.95. The molecule has 96 valence electrons. The van der Waals surface area contributed by atoms with Crippen molar-refractivity contribution in [2.24, 2.45) is 0 Å². The van der Waals surface area contributed by atoms with Crippen molar-refractivity contribution in [1.29, 1.82) is 0 Å². The van der Waals surface area contributed by atoms with E-state index in [1.54, 1.807) is 13.8 Å². The average molecular weight is 226 g/mol. The first-order valence-electron chi connectivity index (χ1n) is 4.95. The van der Waals surface area contributed by atoms with E-state index in [-0.39, 0.29) is 18.1 Å². The van der Waals surface area contributed by atoms with Gasteiger partial charge in [-0.05, 0) is 20.3 Å². The van der Waals surface area contributed by atoms with Gasteiger partial charge in [-0.3, -0.25) is 4.79 Å². The normalized spacial score (nSPS) is 7.07. The number of hydrogen-bond acceptors (Lipinski definition) is 4. The molecule has 5 nitrogen and oxygen atoms in total. The fourth-order valence-corrected chi connectivity index (χ4v) is 0.361. The highest BCUT2D eigenvalue weighted by molar-refractivity contribution is 5.65. The largest absolute Gasteiger partial charge is 0.466 e. The summed E-state index contributed by atoms with van der Waals surface area (Å²) >= 11 is 0. The van der Waals surface area contributed by atoms with Crippen LogP contribution in [-0.4, -0.2) is 41.5 Å². The van der Waals surface area contributed by atoms with E-state index in [2.05, 4.69) is 11.7 Å². The first-order valence-corrected chi connectivity index (χ1v) is 4.95. The molecule has 0 saturated carbocycles. The molecule has 0 heterocycles. The molecule has 0 radical (unpaired) electrons. The molecule has 0 spiro atoms. The van der Waals surface area contributed by atoms with E-state index < -0.39 is 0 Å². The van der Waals surface area contributed by atoms with Crippen LogP contribution in [-0.2, 0) is 9.53 Å². The van der Waals surface area contributed by atoms with Gasteiger partial charge in [0.05, 0.1) is 6.61 Å². The third kappa shape index (κ3) is 90.9. The van der Waals surface area contributed by atoms with Crippen LogP contribution in [0.1, 0.15) is 40.5 Å². The molecule has 0 rings (SSSR count). The van der Waals surface area contributed by atoms with Gasteiger partial charge in [0.25, 0.3) is 0 Å². The summed E-state index contributed by atoms with van der Waals surface area (Å²) in [6.45, 7) is 7.98. The van der Waals surface area contributed by atoms with Crippen molar-refractivity contribution in [2.45, 2.75) is 40.5 Å². The average Bonchev–Trinajstić information content (AvgIpc) is 2.07. The van der Waals surface area contributed by atoms with Gasteiger partial charge in [-0.25, -0.2) is 0 Å². The predicted molar refractivity (Wildman–Crippen MR) is 60.7 cm³/mol. The number of aliphatic hydroxyl groups excluding tert-OH is 2. The maximum atomic E-state index is 9.82. The maximum Gasteiger partial charge on any atom is 0.302 e. The van der Waals surface area contributed by atoms with Crippen molar-refractivity contribution in [3.8, 4) is 0 Å². The summed E-state index contributed by atoms with van der Waals surface area (Å²) in [5, 5.41) is 15.6. The van der Waals surface area contributed by atoms with Crippen LogP contribution in [0.2, 0.25) is 0 Å². The topological polar surface area (TPSA) is 98.3 Å². The molecule has 0 atom stereocenters. The lowest BCUT2D eigenvalue weighted by molar-refractivity contribution is -0.140. The zero-order valence-electron chi connectivity index (χ0n) is 10.2. The van der Waals surface area contributed by atoms with Crippen molar-refractivity contribution < 1.29 is 25.2 Å². The number of esters is 1. The quantitative estimate of drug-likeness (QED) is 0.685. The van der Waals surface area contributed by atoms with Gasteiger partial charge in [0, 0.05) is 20.1 Å². The molecule has 0 bridgehead atoms. The molecule has 0 aromatic heterocycles. The van der Waals surface area contributed by atoms with Gasteiger partial charge in [0.2, 0.25) is 0 Å². The molecule has 0 aromatic carbocycles. The Bertz CT molecular complexity index is 93.8. The van der Waals surface area contributed by atoms with Gasteiger partial charge < -0.3 is 20.4 Å². The lowest BCUT2D eigenvalue weighted by Gasteiger charge is -1.89. The third-order valence-electron chi connectivity index (χ3n) is 0.859. The van der Waals surface area contributed by atoms with E-state index in [4.69, 9.17) is 10.2 Å². The first-order chi connectivity index (χ1) is 6.60. The molecule has 0 saturated heterocycles. The molecule has 15 heavy (non-hydrogen) atoms. The molecular formula is C10H26O5. The molecule has 4 N–H and O–H groups in total. The van der Waals surface area contributed by atoms with E-state index in [0.29, 0.717) is 13.2 Å². The highest BCUT2D eigenvalue weighted by atomic mass is 16.5. The lowest BCUT2D eigenvalue weighted by atomic mass is 10.4. The number of unbranched alkanes of at least 4 members (excludes halogenated alkanes) is 1. The molecule has 0 aliphatic heterocycles. The van der Waals surface area contributed by atoms with Gasteiger partial charge in [-0.2, -0.15) is 0 Å². The van der Waals surface area contributed by atoms with Crippen LogP contribution < -0.4 is 0 Å². The molecule has 0 fully saturated rings. The Kier molecular flexibility index (Phi) is 46.5. The number of carbonyl (C=O) groups excluding carboxylic acids is 1. The van der Waals surface area contributed by atoms with Crippen molar-refractivity contribution in [3.63, 3.8) is 0 Å². The minimum absolute atomic E-state index is 0. The van der Waals surface area contributed by atoms with Gasteiger partial charge in [-0.15, -0.1) is 0 Å². The van der Waals surface area contributed by atoms with Gasteiger partial charge in [0.1, 0.15) is 0 Å². The standard InChI is InChI=1S/C4H8O2.C4H10O.C2H6O.H2O/c1-3-6-4(2)5;1-2-3-4-5;1-2-3;/h3H2,1-2H3;5H,2-4H2,1H3;3H,2H2,1H3;1H2. The Balaban J connectivity index is -0.0000000617. The Morgan fingerprint density at radius 2 is 1.60 bits per heavy atom. The summed E-state index contributed by atoms with van der Waals surface area (Å²) in [6.07, 6.45) is 2.04. The Morgan fingerprint density at radius 3 is 1.60 bits per heavy atom. The molecule has 5 heteroatoms. The second kappa shape index (κ2) is 29.2. The fraction of sp³-hybridized carbons (Fsp3) is 0.900. The minimum atomic E-state index is -0.211. The van der Waals surface area contributed by atoms with Gasteiger partial charge >= 0.3 is 5.97 Å². The Morgan fingerprint density at radius 1 is 1.20 bits per heavy atom. The summed E-state index contributed by atoms with van der Waals surface area (Å²) in [5.41, 5.74) is 0. The highest BCUT2D eigenvalue weighted by Gasteiger charge is 1.81. The Hall–Kier alpha value is -0.650. The van der Waals surface area contributed by atoms with Crippen LogP contribution in [0.3, 0.4) is 0 Å². The smallest absolute Gasteiger partial charge is 0.302 e. The molecule has 0 amide bonds. The van der Waals surface area contributed by atoms with Crippen molar-refractivity contribution in [1.82, 2.24) is 0 Å². The summed E-state index contributed by atoms with van der Waals surface area (Å²) in [6, 6.07) is 0. The second-order valence-corrected chi connectivity index (χ2v) is 2.32. The van der Waals surface area contributed by atoms with Crippen molar-refractivity contribution in [2.75, 3.05) is 19.8 Å². The number of ether oxygens (including phenoxy) is 1. The zero-order chi connectivity index (χ0) is 11.8. The SMILES string of the molecule is CCCCO.CCO.CCOC(C)=O.O. The van der Waals surface area contributed by atoms with E-state index in [0.717, 1.165) is 12.8 Å². The molecule has 0 aliphatic rings. The maximum absolute atomic E-state index is 9.82. The minimum Gasteiger partial charge on any atom is -0.466 e. The first kappa shape index (κ1) is 23.9. The van der Waals surface area contributed by atoms with Gasteiger partial charge in [-0.1, -0.05) is 13.3 Å². The monoisotopic (exact) mass is 226 g/mol. The van der Waals surface area contributed by atoms with Gasteiger partial charge in [0.15, 0.2) is 0 Å². The van der Waals surface area contributed by atoms with E-state index >= 15 is 0 Å². The number of rotatable bonds is 3. The Labute approximate surface area is 92.4 Å². The van der Waals surface area contributed by atoms with Crippen LogP contribution in [0.15, 0.2) is 0 Å². The summed E-state index contributed by atoms with van der Waals surface area (Å²) in [4.78, 5) is 9.82. The second-order valence-electron chi connectivity index (χ2n) is 2.32. The van der Waals surface area contributed by atoms with Crippen LogP contribution in [0, 0.1) is 0 Å². The summed E-state index contributed by atoms with van der Waals surface area (Å²) in [5.74, 6) is -0.211. The number of aliphatic hydroxyl groups is 2. The molecular weight excluding hydrogens is 200 g/mol. The zero-order valence-corrected chi connectivity index (χ0v) is 10.2. The number of carbonyl (C=O) groups is 1. The van der Waals surface area contributed by atoms with Crippen molar-refractivity contribution >= 4 is 5.97 Å². The molecule has 0 unspecified atom stereocenters. The summed E-state index contributed by atoms with van der Waals surface area (Å²) in [7, 11) is 0. The summed E-state index contributed by atoms with van der Waals surface area (Å²) < 4.78 is 4.40. The number of hydrogen-bond donors (Lipinski definition) is 2. The fourth-order valence-electron chi connectivity index (χ4n) is 0.361. The van der Waals surface area contributed by atoms with Crippen LogP contribution in [0.4, 0.5) is 0 Å². The van der Waals surface area contributed by atoms with E-state index in [9.17, 15) is 4.79 Å². The predicted octanol–water partition coefficient (Wildman–Crippen LogP) is 0.522. The van der Waals surface area contributed by atoms with Crippen LogP contribution in [0.5, 0.6) is 0 Å².